The number of para-hydroxylation sites is 1. The van der Waals surface area contributed by atoms with Crippen molar-refractivity contribution in [1.29, 1.82) is 0 Å². The van der Waals surface area contributed by atoms with E-state index in [2.05, 4.69) is 0 Å². The van der Waals surface area contributed by atoms with Crippen LogP contribution < -0.4 is 10.5 Å². The lowest BCUT2D eigenvalue weighted by molar-refractivity contribution is 0.279. The normalized spacial score (nSPS) is 13.4. The highest BCUT2D eigenvalue weighted by Gasteiger charge is 2.22. The van der Waals surface area contributed by atoms with Gasteiger partial charge >= 0.3 is 0 Å². The molecule has 0 heterocycles. The molecule has 1 unspecified atom stereocenters. The third-order valence-electron chi connectivity index (χ3n) is 2.34. The average molecular weight is 259 g/mol. The van der Waals surface area contributed by atoms with Crippen LogP contribution in [0.2, 0.25) is 0 Å². The topological polar surface area (TPSA) is 89.6 Å². The number of aliphatic hydroxyl groups is 1. The van der Waals surface area contributed by atoms with Crippen LogP contribution >= 0.6 is 0 Å². The van der Waals surface area contributed by atoms with Gasteiger partial charge in [-0.2, -0.15) is 0 Å². The van der Waals surface area contributed by atoms with E-state index in [-0.39, 0.29) is 23.7 Å². The second-order valence-corrected chi connectivity index (χ2v) is 5.71. The highest BCUT2D eigenvalue weighted by molar-refractivity contribution is 7.91. The van der Waals surface area contributed by atoms with Crippen molar-refractivity contribution in [2.24, 2.45) is 5.73 Å². The summed E-state index contributed by atoms with van der Waals surface area (Å²) in [7, 11) is -2.07. The Morgan fingerprint density at radius 2 is 2.06 bits per heavy atom. The fourth-order valence-corrected chi connectivity index (χ4v) is 3.15. The summed E-state index contributed by atoms with van der Waals surface area (Å²) in [6.07, 6.45) is 0.258. The lowest BCUT2D eigenvalue weighted by Crippen LogP contribution is -2.30. The average Bonchev–Trinajstić information content (AvgIpc) is 2.28. The molecule has 1 atom stereocenters. The van der Waals surface area contributed by atoms with Gasteiger partial charge in [0.25, 0.3) is 0 Å². The Kier molecular flexibility index (Phi) is 4.92. The lowest BCUT2D eigenvalue weighted by Gasteiger charge is -2.13. The SMILES string of the molecule is COc1ccccc1S(=O)(=O)CC(N)CCO. The van der Waals surface area contributed by atoms with Crippen LogP contribution in [0.25, 0.3) is 0 Å². The highest BCUT2D eigenvalue weighted by Crippen LogP contribution is 2.24. The molecular formula is C11H17NO4S. The quantitative estimate of drug-likeness (QED) is 0.760. The van der Waals surface area contributed by atoms with Gasteiger partial charge in [-0.15, -0.1) is 0 Å². The lowest BCUT2D eigenvalue weighted by atomic mass is 10.3. The number of methoxy groups -OCH3 is 1. The predicted octanol–water partition coefficient (Wildman–Crippen LogP) is 0.179. The molecule has 0 saturated heterocycles. The predicted molar refractivity (Wildman–Crippen MR) is 64.7 cm³/mol. The summed E-state index contributed by atoms with van der Waals surface area (Å²) in [5.74, 6) is 0.109. The molecule has 0 aliphatic carbocycles. The summed E-state index contributed by atoms with van der Waals surface area (Å²) in [5.41, 5.74) is 5.62. The first-order chi connectivity index (χ1) is 8.01. The summed E-state index contributed by atoms with van der Waals surface area (Å²) in [5, 5.41) is 8.71. The molecule has 1 aromatic rings. The molecule has 0 radical (unpaired) electrons. The Labute approximate surface area is 101 Å². The Morgan fingerprint density at radius 1 is 1.41 bits per heavy atom. The van der Waals surface area contributed by atoms with Gasteiger partial charge in [-0.25, -0.2) is 8.42 Å². The summed E-state index contributed by atoms with van der Waals surface area (Å²) in [4.78, 5) is 0.135. The van der Waals surface area contributed by atoms with Gasteiger partial charge in [-0.05, 0) is 18.6 Å². The van der Waals surface area contributed by atoms with E-state index < -0.39 is 15.9 Å². The molecule has 0 bridgehead atoms. The van der Waals surface area contributed by atoms with E-state index in [0.29, 0.717) is 5.75 Å². The zero-order valence-corrected chi connectivity index (χ0v) is 10.5. The third kappa shape index (κ3) is 3.69. The minimum absolute atomic E-state index is 0.122. The molecule has 0 spiro atoms. The molecule has 3 N–H and O–H groups in total. The number of benzene rings is 1. The van der Waals surface area contributed by atoms with Crippen LogP contribution in [0.4, 0.5) is 0 Å². The molecule has 17 heavy (non-hydrogen) atoms. The van der Waals surface area contributed by atoms with E-state index in [0.717, 1.165) is 0 Å². The van der Waals surface area contributed by atoms with Crippen LogP contribution in [0.5, 0.6) is 5.75 Å². The van der Waals surface area contributed by atoms with Crippen LogP contribution in [-0.4, -0.2) is 39.0 Å². The van der Waals surface area contributed by atoms with Crippen LogP contribution in [0.1, 0.15) is 6.42 Å². The molecule has 96 valence electrons. The van der Waals surface area contributed by atoms with Crippen molar-refractivity contribution in [3.63, 3.8) is 0 Å². The third-order valence-corrected chi connectivity index (χ3v) is 4.21. The number of aliphatic hydroxyl groups excluding tert-OH is 1. The minimum Gasteiger partial charge on any atom is -0.495 e. The van der Waals surface area contributed by atoms with Gasteiger partial charge in [0.15, 0.2) is 9.84 Å². The van der Waals surface area contributed by atoms with Crippen LogP contribution in [0.3, 0.4) is 0 Å². The van der Waals surface area contributed by atoms with Crippen molar-refractivity contribution in [2.45, 2.75) is 17.4 Å². The molecule has 0 saturated carbocycles. The van der Waals surface area contributed by atoms with Crippen LogP contribution in [0, 0.1) is 0 Å². The Morgan fingerprint density at radius 3 is 2.65 bits per heavy atom. The molecule has 6 heteroatoms. The van der Waals surface area contributed by atoms with E-state index in [1.807, 2.05) is 0 Å². The fourth-order valence-electron chi connectivity index (χ4n) is 1.50. The molecule has 0 aromatic heterocycles. The van der Waals surface area contributed by atoms with Crippen LogP contribution in [0.15, 0.2) is 29.2 Å². The van der Waals surface area contributed by atoms with Gasteiger partial charge in [-0.3, -0.25) is 0 Å². The van der Waals surface area contributed by atoms with Crippen molar-refractivity contribution >= 4 is 9.84 Å². The largest absolute Gasteiger partial charge is 0.495 e. The van der Waals surface area contributed by atoms with Crippen molar-refractivity contribution in [2.75, 3.05) is 19.5 Å². The first-order valence-corrected chi connectivity index (χ1v) is 6.88. The molecule has 0 amide bonds. The van der Waals surface area contributed by atoms with Gasteiger partial charge in [-0.1, -0.05) is 12.1 Å². The van der Waals surface area contributed by atoms with Gasteiger partial charge < -0.3 is 15.6 Å². The van der Waals surface area contributed by atoms with E-state index in [1.54, 1.807) is 18.2 Å². The number of ether oxygens (including phenoxy) is 1. The molecule has 1 rings (SSSR count). The maximum absolute atomic E-state index is 12.1. The number of hydrogen-bond acceptors (Lipinski definition) is 5. The van der Waals surface area contributed by atoms with Crippen molar-refractivity contribution in [3.8, 4) is 5.75 Å². The number of rotatable bonds is 6. The second kappa shape index (κ2) is 6.00. The molecule has 0 aliphatic heterocycles. The van der Waals surface area contributed by atoms with Crippen molar-refractivity contribution in [3.05, 3.63) is 24.3 Å². The maximum Gasteiger partial charge on any atom is 0.183 e. The first-order valence-electron chi connectivity index (χ1n) is 5.23. The molecule has 1 aromatic carbocycles. The number of hydrogen-bond donors (Lipinski definition) is 2. The Hall–Kier alpha value is -1.11. The first kappa shape index (κ1) is 14.0. The van der Waals surface area contributed by atoms with E-state index in [9.17, 15) is 8.42 Å². The monoisotopic (exact) mass is 259 g/mol. The Bertz CT molecular complexity index is 458. The summed E-state index contributed by atoms with van der Waals surface area (Å²) in [6, 6.07) is 5.83. The van der Waals surface area contributed by atoms with Gasteiger partial charge in [0, 0.05) is 12.6 Å². The molecule has 5 nitrogen and oxygen atoms in total. The maximum atomic E-state index is 12.1. The van der Waals surface area contributed by atoms with Gasteiger partial charge in [0.2, 0.25) is 0 Å². The summed E-state index contributed by atoms with van der Waals surface area (Å²) >= 11 is 0. The minimum atomic E-state index is -3.49. The molecule has 0 fully saturated rings. The molecular weight excluding hydrogens is 242 g/mol. The zero-order chi connectivity index (χ0) is 12.9. The van der Waals surface area contributed by atoms with Gasteiger partial charge in [0.1, 0.15) is 10.6 Å². The highest BCUT2D eigenvalue weighted by atomic mass is 32.2. The summed E-state index contributed by atoms with van der Waals surface area (Å²) in [6.45, 7) is -0.122. The summed E-state index contributed by atoms with van der Waals surface area (Å²) < 4.78 is 29.1. The number of nitrogens with two attached hydrogens (primary N) is 1. The van der Waals surface area contributed by atoms with Crippen LogP contribution in [-0.2, 0) is 9.84 Å². The van der Waals surface area contributed by atoms with E-state index in [4.69, 9.17) is 15.6 Å². The van der Waals surface area contributed by atoms with E-state index in [1.165, 1.54) is 13.2 Å². The standard InChI is InChI=1S/C11H17NO4S/c1-16-10-4-2-3-5-11(10)17(14,15)8-9(12)6-7-13/h2-5,9,13H,6-8,12H2,1H3. The second-order valence-electron chi connectivity index (χ2n) is 3.70. The fraction of sp³-hybridized carbons (Fsp3) is 0.455. The van der Waals surface area contributed by atoms with Crippen molar-refractivity contribution < 1.29 is 18.3 Å². The van der Waals surface area contributed by atoms with Gasteiger partial charge in [0.05, 0.1) is 12.9 Å². The number of sulfone groups is 1. The smallest absolute Gasteiger partial charge is 0.183 e. The zero-order valence-electron chi connectivity index (χ0n) is 9.67. The van der Waals surface area contributed by atoms with Crippen molar-refractivity contribution in [1.82, 2.24) is 0 Å². The van der Waals surface area contributed by atoms with E-state index >= 15 is 0 Å². The molecule has 0 aliphatic rings. The Balaban J connectivity index is 2.97.